The lowest BCUT2D eigenvalue weighted by Gasteiger charge is -2.33. The van der Waals surface area contributed by atoms with Gasteiger partial charge in [0.2, 0.25) is 11.9 Å². The van der Waals surface area contributed by atoms with Gasteiger partial charge in [0.05, 0.1) is 10.5 Å². The maximum atomic E-state index is 13.5. The molecule has 0 aliphatic carbocycles. The molecule has 168 valence electrons. The summed E-state index contributed by atoms with van der Waals surface area (Å²) in [5.74, 6) is -0.465. The van der Waals surface area contributed by atoms with Gasteiger partial charge in [-0.25, -0.2) is 4.68 Å². The summed E-state index contributed by atoms with van der Waals surface area (Å²) in [5.41, 5.74) is 1.99. The number of nitrogens with zero attached hydrogens (tertiary/aromatic N) is 4. The summed E-state index contributed by atoms with van der Waals surface area (Å²) in [6, 6.07) is 23.9. The van der Waals surface area contributed by atoms with Crippen LogP contribution in [0.25, 0.3) is 11.4 Å². The Bertz CT molecular complexity index is 1380. The molecule has 2 unspecified atom stereocenters. The first-order valence-corrected chi connectivity index (χ1v) is 10.6. The van der Waals surface area contributed by atoms with E-state index in [0.29, 0.717) is 28.7 Å². The van der Waals surface area contributed by atoms with Crippen molar-refractivity contribution < 1.29 is 9.72 Å². The Morgan fingerprint density at radius 2 is 1.65 bits per heavy atom. The fourth-order valence-corrected chi connectivity index (χ4v) is 4.12. The molecule has 9 nitrogen and oxygen atoms in total. The molecule has 2 N–H and O–H groups in total. The number of aromatic nitrogens is 3. The van der Waals surface area contributed by atoms with Gasteiger partial charge in [-0.3, -0.25) is 14.9 Å². The van der Waals surface area contributed by atoms with Crippen molar-refractivity contribution in [3.8, 4) is 11.4 Å². The van der Waals surface area contributed by atoms with E-state index < -0.39 is 16.9 Å². The fraction of sp³-hybridized carbons (Fsp3) is 0.0800. The third-order valence-corrected chi connectivity index (χ3v) is 5.67. The van der Waals surface area contributed by atoms with Crippen molar-refractivity contribution in [3.63, 3.8) is 0 Å². The summed E-state index contributed by atoms with van der Waals surface area (Å²) in [6.07, 6.45) is 0. The van der Waals surface area contributed by atoms with Gasteiger partial charge < -0.3 is 10.6 Å². The molecular weight excluding hydrogens is 432 g/mol. The number of hydrogen-bond acceptors (Lipinski definition) is 6. The Labute approximate surface area is 194 Å². The predicted molar refractivity (Wildman–Crippen MR) is 128 cm³/mol. The number of nitro groups is 1. The molecule has 1 aliphatic rings. The fourth-order valence-electron chi connectivity index (χ4n) is 4.12. The van der Waals surface area contributed by atoms with Crippen molar-refractivity contribution in [2.45, 2.75) is 6.04 Å². The molecule has 0 saturated heterocycles. The second-order valence-electron chi connectivity index (χ2n) is 7.81. The first-order chi connectivity index (χ1) is 16.5. The summed E-state index contributed by atoms with van der Waals surface area (Å²) >= 11 is 0. The SMILES string of the molecule is C=C1Nc2nc(-c3ccccc3)nn2C(c2ccccc2[N+](=O)[O-])C1C(=O)Nc1ccccc1. The second-order valence-corrected chi connectivity index (χ2v) is 7.81. The summed E-state index contributed by atoms with van der Waals surface area (Å²) in [4.78, 5) is 29.5. The minimum atomic E-state index is -0.890. The van der Waals surface area contributed by atoms with Crippen LogP contribution in [0.5, 0.6) is 0 Å². The number of nitrogens with one attached hydrogen (secondary N) is 2. The van der Waals surface area contributed by atoms with Crippen LogP contribution in [0, 0.1) is 16.0 Å². The monoisotopic (exact) mass is 452 g/mol. The van der Waals surface area contributed by atoms with Crippen molar-refractivity contribution in [3.05, 3.63) is 113 Å². The van der Waals surface area contributed by atoms with Gasteiger partial charge in [0.15, 0.2) is 5.82 Å². The normalized spacial score (nSPS) is 16.9. The van der Waals surface area contributed by atoms with Crippen LogP contribution in [0.3, 0.4) is 0 Å². The molecule has 0 saturated carbocycles. The maximum Gasteiger partial charge on any atom is 0.274 e. The molecule has 1 aromatic heterocycles. The first-order valence-electron chi connectivity index (χ1n) is 10.6. The standard InChI is InChI=1S/C25H20N6O3/c1-16-21(24(32)27-18-12-6-3-7-13-18)22(19-14-8-9-15-20(19)31(33)34)30-25(26-16)28-23(29-30)17-10-4-2-5-11-17/h2-15,21-22H,1H2,(H,27,32)(H,26,28,29). The Morgan fingerprint density at radius 3 is 2.35 bits per heavy atom. The van der Waals surface area contributed by atoms with Gasteiger partial charge in [0, 0.05) is 23.0 Å². The number of amides is 1. The largest absolute Gasteiger partial charge is 0.328 e. The molecule has 0 fully saturated rings. The van der Waals surface area contributed by atoms with E-state index in [1.807, 2.05) is 48.5 Å². The molecule has 9 heteroatoms. The Hall–Kier alpha value is -4.79. The number of rotatable bonds is 5. The lowest BCUT2D eigenvalue weighted by Crippen LogP contribution is -2.39. The van der Waals surface area contributed by atoms with Crippen LogP contribution in [-0.2, 0) is 4.79 Å². The number of fused-ring (bicyclic) bond motifs is 1. The van der Waals surface area contributed by atoms with E-state index in [4.69, 9.17) is 0 Å². The van der Waals surface area contributed by atoms with Crippen molar-refractivity contribution in [2.75, 3.05) is 10.6 Å². The zero-order valence-electron chi connectivity index (χ0n) is 18.0. The molecule has 3 aromatic carbocycles. The third kappa shape index (κ3) is 3.79. The van der Waals surface area contributed by atoms with Gasteiger partial charge in [-0.2, -0.15) is 4.98 Å². The Balaban J connectivity index is 1.65. The van der Waals surface area contributed by atoms with Crippen molar-refractivity contribution in [1.29, 1.82) is 0 Å². The van der Waals surface area contributed by atoms with Crippen LogP contribution < -0.4 is 10.6 Å². The van der Waals surface area contributed by atoms with Gasteiger partial charge in [0.25, 0.3) is 5.69 Å². The minimum Gasteiger partial charge on any atom is -0.328 e. The van der Waals surface area contributed by atoms with Crippen LogP contribution in [-0.4, -0.2) is 25.6 Å². The summed E-state index contributed by atoms with van der Waals surface area (Å²) < 4.78 is 1.54. The van der Waals surface area contributed by atoms with Gasteiger partial charge >= 0.3 is 0 Å². The molecule has 2 heterocycles. The molecule has 1 amide bonds. The van der Waals surface area contributed by atoms with Gasteiger partial charge in [0.1, 0.15) is 12.0 Å². The predicted octanol–water partition coefficient (Wildman–Crippen LogP) is 4.64. The lowest BCUT2D eigenvalue weighted by atomic mass is 9.87. The van der Waals surface area contributed by atoms with E-state index in [0.717, 1.165) is 5.56 Å². The minimum absolute atomic E-state index is 0.109. The van der Waals surface area contributed by atoms with Gasteiger partial charge in [-0.1, -0.05) is 67.2 Å². The van der Waals surface area contributed by atoms with Gasteiger partial charge in [-0.05, 0) is 18.2 Å². The molecule has 5 rings (SSSR count). The number of hydrogen-bond donors (Lipinski definition) is 2. The zero-order chi connectivity index (χ0) is 23.7. The highest BCUT2D eigenvalue weighted by Crippen LogP contribution is 2.42. The van der Waals surface area contributed by atoms with E-state index in [-0.39, 0.29) is 11.6 Å². The highest BCUT2D eigenvalue weighted by molar-refractivity contribution is 5.96. The molecule has 0 radical (unpaired) electrons. The summed E-state index contributed by atoms with van der Waals surface area (Å²) in [6.45, 7) is 4.07. The highest BCUT2D eigenvalue weighted by atomic mass is 16.6. The van der Waals surface area contributed by atoms with Crippen LogP contribution >= 0.6 is 0 Å². The van der Waals surface area contributed by atoms with Crippen molar-refractivity contribution >= 4 is 23.2 Å². The smallest absolute Gasteiger partial charge is 0.274 e. The molecular formula is C25H20N6O3. The number of para-hydroxylation sites is 2. The zero-order valence-corrected chi connectivity index (χ0v) is 18.0. The van der Waals surface area contributed by atoms with Crippen LogP contribution in [0.4, 0.5) is 17.3 Å². The van der Waals surface area contributed by atoms with Crippen molar-refractivity contribution in [1.82, 2.24) is 14.8 Å². The number of carbonyl (C=O) groups is 1. The van der Waals surface area contributed by atoms with E-state index in [1.165, 1.54) is 10.7 Å². The topological polar surface area (TPSA) is 115 Å². The lowest BCUT2D eigenvalue weighted by molar-refractivity contribution is -0.385. The number of nitro benzene ring substituents is 1. The Kier molecular flexibility index (Phi) is 5.35. The van der Waals surface area contributed by atoms with Crippen molar-refractivity contribution in [2.24, 2.45) is 5.92 Å². The molecule has 2 atom stereocenters. The maximum absolute atomic E-state index is 13.5. The van der Waals surface area contributed by atoms with E-state index in [2.05, 4.69) is 27.3 Å². The summed E-state index contributed by atoms with van der Waals surface area (Å²) in [7, 11) is 0. The van der Waals surface area contributed by atoms with E-state index >= 15 is 0 Å². The molecule has 34 heavy (non-hydrogen) atoms. The van der Waals surface area contributed by atoms with Crippen LogP contribution in [0.15, 0.2) is 97.2 Å². The molecule has 0 spiro atoms. The Morgan fingerprint density at radius 1 is 1.00 bits per heavy atom. The summed E-state index contributed by atoms with van der Waals surface area (Å²) in [5, 5.41) is 22.5. The average molecular weight is 452 g/mol. The molecule has 4 aromatic rings. The number of anilines is 2. The average Bonchev–Trinajstić information content (AvgIpc) is 3.28. The second kappa shape index (κ2) is 8.62. The van der Waals surface area contributed by atoms with E-state index in [9.17, 15) is 14.9 Å². The molecule has 1 aliphatic heterocycles. The highest BCUT2D eigenvalue weighted by Gasteiger charge is 2.42. The third-order valence-electron chi connectivity index (χ3n) is 5.67. The van der Waals surface area contributed by atoms with E-state index in [1.54, 1.807) is 30.3 Å². The first kappa shape index (κ1) is 21.1. The number of carbonyl (C=O) groups excluding carboxylic acids is 1. The number of benzene rings is 3. The quantitative estimate of drug-likeness (QED) is 0.337. The van der Waals surface area contributed by atoms with Crippen LogP contribution in [0.2, 0.25) is 0 Å². The van der Waals surface area contributed by atoms with Gasteiger partial charge in [-0.15, -0.1) is 5.10 Å². The molecule has 0 bridgehead atoms. The van der Waals surface area contributed by atoms with Crippen LogP contribution in [0.1, 0.15) is 11.6 Å².